The van der Waals surface area contributed by atoms with E-state index in [1.165, 1.54) is 154 Å². The van der Waals surface area contributed by atoms with Crippen molar-refractivity contribution in [3.8, 4) is 0 Å². The number of aliphatic hydroxyl groups excluding tert-OH is 1. The molecule has 334 valence electrons. The molecule has 0 atom stereocenters. The van der Waals surface area contributed by atoms with Crippen molar-refractivity contribution in [1.82, 2.24) is 4.90 Å². The van der Waals surface area contributed by atoms with Gasteiger partial charge in [-0.25, -0.2) is 0 Å². The highest BCUT2D eigenvalue weighted by Gasteiger charge is 2.16. The van der Waals surface area contributed by atoms with Crippen molar-refractivity contribution in [2.45, 2.75) is 284 Å². The lowest BCUT2D eigenvalue weighted by Gasteiger charge is -2.21. The van der Waals surface area contributed by atoms with Crippen molar-refractivity contribution in [3.63, 3.8) is 0 Å². The second kappa shape index (κ2) is 45.0. The van der Waals surface area contributed by atoms with Gasteiger partial charge in [-0.2, -0.15) is 0 Å². The molecular formula is C50H99NO5. The molecular weight excluding hydrogens is 695 g/mol. The Morgan fingerprint density at radius 1 is 0.375 bits per heavy atom. The summed E-state index contributed by atoms with van der Waals surface area (Å²) in [6.45, 7) is 11.9. The highest BCUT2D eigenvalue weighted by molar-refractivity contribution is 5.69. The lowest BCUT2D eigenvalue weighted by molar-refractivity contribution is -0.151. The Labute approximate surface area is 350 Å². The van der Waals surface area contributed by atoms with Gasteiger partial charge < -0.3 is 19.5 Å². The fourth-order valence-electron chi connectivity index (χ4n) is 8.02. The van der Waals surface area contributed by atoms with Crippen LogP contribution in [0.3, 0.4) is 0 Å². The van der Waals surface area contributed by atoms with Crippen LogP contribution in [0.2, 0.25) is 0 Å². The number of carbonyl (C=O) groups is 2. The second-order valence-corrected chi connectivity index (χ2v) is 17.3. The number of ether oxygens (including phenoxy) is 2. The number of esters is 2. The summed E-state index contributed by atoms with van der Waals surface area (Å²) in [4.78, 5) is 27.9. The third kappa shape index (κ3) is 39.7. The van der Waals surface area contributed by atoms with Gasteiger partial charge in [-0.05, 0) is 90.1 Å². The zero-order valence-corrected chi connectivity index (χ0v) is 38.4. The second-order valence-electron chi connectivity index (χ2n) is 17.3. The molecule has 0 aliphatic carbocycles. The summed E-state index contributed by atoms with van der Waals surface area (Å²) in [6, 6.07) is 0. The van der Waals surface area contributed by atoms with E-state index >= 15 is 0 Å². The Hall–Kier alpha value is -1.14. The topological polar surface area (TPSA) is 76.1 Å². The van der Waals surface area contributed by atoms with Gasteiger partial charge in [0, 0.05) is 19.4 Å². The summed E-state index contributed by atoms with van der Waals surface area (Å²) in [5, 5.41) is 9.65. The van der Waals surface area contributed by atoms with Crippen molar-refractivity contribution in [2.75, 3.05) is 26.2 Å². The number of hydrogen-bond acceptors (Lipinski definition) is 6. The molecule has 0 saturated carbocycles. The molecule has 0 aliphatic heterocycles. The highest BCUT2D eigenvalue weighted by Crippen LogP contribution is 2.20. The largest absolute Gasteiger partial charge is 0.462 e. The minimum absolute atomic E-state index is 0.00304. The first-order chi connectivity index (χ1) is 27.5. The van der Waals surface area contributed by atoms with Gasteiger partial charge in [0.25, 0.3) is 0 Å². The molecule has 1 N–H and O–H groups in total. The third-order valence-corrected chi connectivity index (χ3v) is 11.7. The van der Waals surface area contributed by atoms with Crippen LogP contribution in [0.4, 0.5) is 0 Å². The van der Waals surface area contributed by atoms with E-state index in [0.29, 0.717) is 12.8 Å². The predicted octanol–water partition coefficient (Wildman–Crippen LogP) is 15.0. The first-order valence-electron chi connectivity index (χ1n) is 25.2. The molecule has 0 aromatic rings. The van der Waals surface area contributed by atoms with Gasteiger partial charge in [0.05, 0.1) is 6.61 Å². The zero-order valence-electron chi connectivity index (χ0n) is 38.4. The number of carbonyl (C=O) groups excluding carboxylic acids is 2. The maximum atomic E-state index is 12.8. The molecule has 0 aromatic heterocycles. The van der Waals surface area contributed by atoms with E-state index in [1.54, 1.807) is 0 Å². The monoisotopic (exact) mass is 794 g/mol. The van der Waals surface area contributed by atoms with E-state index in [4.69, 9.17) is 9.47 Å². The van der Waals surface area contributed by atoms with Gasteiger partial charge in [0.1, 0.15) is 12.2 Å². The summed E-state index contributed by atoms with van der Waals surface area (Å²) in [5.41, 5.74) is 0. The molecule has 0 bridgehead atoms. The summed E-state index contributed by atoms with van der Waals surface area (Å²) < 4.78 is 12.1. The molecule has 56 heavy (non-hydrogen) atoms. The van der Waals surface area contributed by atoms with E-state index in [0.717, 1.165) is 96.7 Å². The lowest BCUT2D eigenvalue weighted by Crippen LogP contribution is -2.29. The number of hydrogen-bond donors (Lipinski definition) is 1. The average Bonchev–Trinajstić information content (AvgIpc) is 3.19. The van der Waals surface area contributed by atoms with Gasteiger partial charge in [0.2, 0.25) is 0 Å². The van der Waals surface area contributed by atoms with E-state index in [-0.39, 0.29) is 30.8 Å². The summed E-state index contributed by atoms with van der Waals surface area (Å²) >= 11 is 0. The van der Waals surface area contributed by atoms with Gasteiger partial charge in [-0.3, -0.25) is 9.59 Å². The number of unbranched alkanes of at least 4 members (excludes halogenated alkanes) is 26. The molecule has 0 saturated heterocycles. The number of aliphatic hydroxyl groups is 1. The smallest absolute Gasteiger partial charge is 0.306 e. The maximum Gasteiger partial charge on any atom is 0.306 e. The van der Waals surface area contributed by atoms with Crippen LogP contribution in [-0.4, -0.2) is 60.4 Å². The van der Waals surface area contributed by atoms with Crippen molar-refractivity contribution in [3.05, 3.63) is 0 Å². The van der Waals surface area contributed by atoms with E-state index in [9.17, 15) is 14.7 Å². The molecule has 6 heteroatoms. The molecule has 0 fully saturated rings. The average molecular weight is 794 g/mol. The van der Waals surface area contributed by atoms with Crippen molar-refractivity contribution < 1.29 is 24.2 Å². The lowest BCUT2D eigenvalue weighted by atomic mass is 10.0. The van der Waals surface area contributed by atoms with Crippen molar-refractivity contribution in [1.29, 1.82) is 0 Å². The molecule has 6 nitrogen and oxygen atoms in total. The normalized spacial score (nSPS) is 11.7. The summed E-state index contributed by atoms with van der Waals surface area (Å²) in [6.07, 6.45) is 44.4. The molecule has 0 aliphatic rings. The van der Waals surface area contributed by atoms with Crippen LogP contribution >= 0.6 is 0 Å². The minimum Gasteiger partial charge on any atom is -0.462 e. The predicted molar refractivity (Wildman–Crippen MR) is 241 cm³/mol. The SMILES string of the molecule is CCCCCCCCC(CCCCCCCC)OC(=O)CCCCCCN(CCO)CCCCCCC(=O)OC(CCCCCCCC)CCCCCCCC. The van der Waals surface area contributed by atoms with Crippen LogP contribution in [0.25, 0.3) is 0 Å². The molecule has 0 spiro atoms. The quantitative estimate of drug-likeness (QED) is 0.0489. The summed E-state index contributed by atoms with van der Waals surface area (Å²) in [5.74, 6) is 0.00608. The first-order valence-corrected chi connectivity index (χ1v) is 25.2. The van der Waals surface area contributed by atoms with Crippen LogP contribution < -0.4 is 0 Å². The zero-order chi connectivity index (χ0) is 41.0. The van der Waals surface area contributed by atoms with Crippen molar-refractivity contribution >= 4 is 11.9 Å². The van der Waals surface area contributed by atoms with Crippen LogP contribution in [0.1, 0.15) is 272 Å². The van der Waals surface area contributed by atoms with Gasteiger partial charge in [-0.1, -0.05) is 182 Å². The highest BCUT2D eigenvalue weighted by atomic mass is 16.5. The van der Waals surface area contributed by atoms with Crippen LogP contribution in [0.5, 0.6) is 0 Å². The third-order valence-electron chi connectivity index (χ3n) is 11.7. The standard InChI is InChI=1S/C50H99NO5/c1-5-9-13-17-21-29-37-47(38-30-22-18-14-10-6-2)55-49(53)41-33-25-27-35-43-51(45-46-52)44-36-28-26-34-42-50(54)56-48(39-31-23-19-15-11-7-3)40-32-24-20-16-12-8-4/h47-48,52H,5-46H2,1-4H3. The van der Waals surface area contributed by atoms with E-state index in [1.807, 2.05) is 0 Å². The molecule has 0 aromatic carbocycles. The Balaban J connectivity index is 4.29. The van der Waals surface area contributed by atoms with Gasteiger partial charge in [-0.15, -0.1) is 0 Å². The maximum absolute atomic E-state index is 12.8. The Bertz CT molecular complexity index is 712. The Morgan fingerprint density at radius 2 is 0.643 bits per heavy atom. The van der Waals surface area contributed by atoms with E-state index < -0.39 is 0 Å². The Kier molecular flexibility index (Phi) is 44.0. The van der Waals surface area contributed by atoms with Crippen molar-refractivity contribution in [2.24, 2.45) is 0 Å². The number of rotatable bonds is 46. The van der Waals surface area contributed by atoms with Crippen LogP contribution in [0, 0.1) is 0 Å². The fourth-order valence-corrected chi connectivity index (χ4v) is 8.02. The van der Waals surface area contributed by atoms with Crippen LogP contribution in [-0.2, 0) is 19.1 Å². The summed E-state index contributed by atoms with van der Waals surface area (Å²) in [7, 11) is 0. The molecule has 0 rings (SSSR count). The Morgan fingerprint density at radius 3 is 0.946 bits per heavy atom. The molecule has 0 radical (unpaired) electrons. The molecule has 0 amide bonds. The molecule has 0 unspecified atom stereocenters. The fraction of sp³-hybridized carbons (Fsp3) is 0.960. The molecule has 0 heterocycles. The van der Waals surface area contributed by atoms with Gasteiger partial charge >= 0.3 is 11.9 Å². The van der Waals surface area contributed by atoms with Crippen LogP contribution in [0.15, 0.2) is 0 Å². The van der Waals surface area contributed by atoms with Gasteiger partial charge in [0.15, 0.2) is 0 Å². The minimum atomic E-state index is 0.00304. The number of nitrogens with zero attached hydrogens (tertiary/aromatic N) is 1. The first kappa shape index (κ1) is 54.9. The van der Waals surface area contributed by atoms with E-state index in [2.05, 4.69) is 32.6 Å².